The highest BCUT2D eigenvalue weighted by Gasteiger charge is 2.09. The summed E-state index contributed by atoms with van der Waals surface area (Å²) in [5.41, 5.74) is 3.35. The molecule has 1 N–H and O–H groups in total. The second kappa shape index (κ2) is 5.65. The van der Waals surface area contributed by atoms with Gasteiger partial charge in [0.05, 0.1) is 0 Å². The number of benzene rings is 1. The van der Waals surface area contributed by atoms with Crippen LogP contribution in [0, 0.1) is 6.92 Å². The van der Waals surface area contributed by atoms with Gasteiger partial charge in [-0.15, -0.1) is 11.6 Å². The minimum absolute atomic E-state index is 0.158. The molecule has 2 aromatic rings. The number of hydrogen-bond donors (Lipinski definition) is 1. The third kappa shape index (κ3) is 2.68. The van der Waals surface area contributed by atoms with Crippen molar-refractivity contribution in [1.29, 1.82) is 0 Å². The van der Waals surface area contributed by atoms with Gasteiger partial charge in [-0.25, -0.2) is 0 Å². The third-order valence-corrected chi connectivity index (χ3v) is 3.00. The molecule has 18 heavy (non-hydrogen) atoms. The van der Waals surface area contributed by atoms with Crippen molar-refractivity contribution in [1.82, 2.24) is 4.98 Å². The van der Waals surface area contributed by atoms with Crippen LogP contribution in [0.1, 0.15) is 21.5 Å². The van der Waals surface area contributed by atoms with Gasteiger partial charge < -0.3 is 5.32 Å². The summed E-state index contributed by atoms with van der Waals surface area (Å²) in [4.78, 5) is 15.9. The van der Waals surface area contributed by atoms with Gasteiger partial charge in [-0.3, -0.25) is 9.78 Å². The Morgan fingerprint density at radius 2 is 2.00 bits per heavy atom. The summed E-state index contributed by atoms with van der Waals surface area (Å²) in [5, 5.41) is 2.87. The van der Waals surface area contributed by atoms with E-state index in [1.54, 1.807) is 24.5 Å². The highest BCUT2D eigenvalue weighted by Crippen LogP contribution is 2.22. The maximum absolute atomic E-state index is 12.0. The normalized spacial score (nSPS) is 10.1. The Morgan fingerprint density at radius 3 is 2.67 bits per heavy atom. The van der Waals surface area contributed by atoms with Gasteiger partial charge >= 0.3 is 0 Å². The van der Waals surface area contributed by atoms with Crippen LogP contribution in [-0.4, -0.2) is 10.9 Å². The van der Waals surface area contributed by atoms with Gasteiger partial charge in [0.2, 0.25) is 0 Å². The summed E-state index contributed by atoms with van der Waals surface area (Å²) < 4.78 is 0. The number of anilines is 1. The fourth-order valence-electron chi connectivity index (χ4n) is 1.69. The lowest BCUT2D eigenvalue weighted by atomic mass is 10.1. The topological polar surface area (TPSA) is 42.0 Å². The van der Waals surface area contributed by atoms with Crippen LogP contribution in [0.3, 0.4) is 0 Å². The average Bonchev–Trinajstić information content (AvgIpc) is 2.40. The number of carbonyl (C=O) groups excluding carboxylic acids is 1. The van der Waals surface area contributed by atoms with Crippen LogP contribution < -0.4 is 5.32 Å². The van der Waals surface area contributed by atoms with Gasteiger partial charge in [0, 0.05) is 29.5 Å². The van der Waals surface area contributed by atoms with E-state index in [1.165, 1.54) is 0 Å². The molecule has 0 saturated carbocycles. The first-order chi connectivity index (χ1) is 8.72. The van der Waals surface area contributed by atoms with E-state index < -0.39 is 0 Å². The Bertz CT molecular complexity index is 555. The molecule has 1 heterocycles. The largest absolute Gasteiger partial charge is 0.322 e. The van der Waals surface area contributed by atoms with Crippen molar-refractivity contribution in [3.05, 3.63) is 59.4 Å². The molecule has 0 saturated heterocycles. The Kier molecular flexibility index (Phi) is 3.95. The third-order valence-electron chi connectivity index (χ3n) is 2.73. The molecule has 0 radical (unpaired) electrons. The predicted molar refractivity (Wildman–Crippen MR) is 72.9 cm³/mol. The second-order valence-corrected chi connectivity index (χ2v) is 4.19. The van der Waals surface area contributed by atoms with E-state index in [0.717, 1.165) is 16.8 Å². The fraction of sp³-hybridized carbons (Fsp3) is 0.143. The van der Waals surface area contributed by atoms with Crippen LogP contribution in [0.15, 0.2) is 42.7 Å². The van der Waals surface area contributed by atoms with E-state index in [-0.39, 0.29) is 5.91 Å². The molecule has 0 fully saturated rings. The quantitative estimate of drug-likeness (QED) is 0.860. The van der Waals surface area contributed by atoms with Crippen LogP contribution in [0.5, 0.6) is 0 Å². The standard InChI is InChI=1S/C14H13ClN2O/c1-10-3-2-4-13(12(10)9-15)17-14(18)11-5-7-16-8-6-11/h2-8H,9H2,1H3,(H,17,18). The van der Waals surface area contributed by atoms with Crippen LogP contribution in [0.25, 0.3) is 0 Å². The molecule has 92 valence electrons. The molecule has 1 amide bonds. The summed E-state index contributed by atoms with van der Waals surface area (Å²) in [6.07, 6.45) is 3.18. The number of alkyl halides is 1. The Balaban J connectivity index is 2.25. The zero-order chi connectivity index (χ0) is 13.0. The summed E-state index contributed by atoms with van der Waals surface area (Å²) in [7, 11) is 0. The summed E-state index contributed by atoms with van der Waals surface area (Å²) in [6.45, 7) is 1.97. The van der Waals surface area contributed by atoms with Crippen molar-refractivity contribution in [2.24, 2.45) is 0 Å². The number of rotatable bonds is 3. The molecule has 0 aliphatic carbocycles. The van der Waals surface area contributed by atoms with E-state index in [1.807, 2.05) is 25.1 Å². The minimum atomic E-state index is -0.158. The second-order valence-electron chi connectivity index (χ2n) is 3.92. The van der Waals surface area contributed by atoms with Crippen molar-refractivity contribution in [3.63, 3.8) is 0 Å². The molecule has 0 aliphatic rings. The van der Waals surface area contributed by atoms with Crippen molar-refractivity contribution in [3.8, 4) is 0 Å². The maximum Gasteiger partial charge on any atom is 0.255 e. The lowest BCUT2D eigenvalue weighted by Gasteiger charge is -2.11. The number of nitrogens with zero attached hydrogens (tertiary/aromatic N) is 1. The van der Waals surface area contributed by atoms with Gasteiger partial charge in [-0.05, 0) is 36.2 Å². The number of hydrogen-bond acceptors (Lipinski definition) is 2. The lowest BCUT2D eigenvalue weighted by molar-refractivity contribution is 0.102. The van der Waals surface area contributed by atoms with Crippen LogP contribution >= 0.6 is 11.6 Å². The van der Waals surface area contributed by atoms with E-state index in [4.69, 9.17) is 11.6 Å². The molecule has 2 rings (SSSR count). The number of carbonyl (C=O) groups is 1. The molecule has 1 aromatic heterocycles. The zero-order valence-electron chi connectivity index (χ0n) is 9.98. The SMILES string of the molecule is Cc1cccc(NC(=O)c2ccncc2)c1CCl. The minimum Gasteiger partial charge on any atom is -0.322 e. The molecule has 0 atom stereocenters. The van der Waals surface area contributed by atoms with Crippen molar-refractivity contribution in [2.75, 3.05) is 5.32 Å². The van der Waals surface area contributed by atoms with E-state index >= 15 is 0 Å². The summed E-state index contributed by atoms with van der Waals surface area (Å²) in [6, 6.07) is 9.06. The molecule has 0 aliphatic heterocycles. The molecule has 0 spiro atoms. The highest BCUT2D eigenvalue weighted by molar-refractivity contribution is 6.18. The number of amides is 1. The van der Waals surface area contributed by atoms with Gasteiger partial charge in [-0.1, -0.05) is 12.1 Å². The Morgan fingerprint density at radius 1 is 1.28 bits per heavy atom. The number of nitrogens with one attached hydrogen (secondary N) is 1. The molecule has 4 heteroatoms. The summed E-state index contributed by atoms with van der Waals surface area (Å²) >= 11 is 5.91. The molecular formula is C14H13ClN2O. The summed E-state index contributed by atoms with van der Waals surface area (Å²) in [5.74, 6) is 0.216. The Labute approximate surface area is 111 Å². The van der Waals surface area contributed by atoms with Crippen molar-refractivity contribution in [2.45, 2.75) is 12.8 Å². The van der Waals surface area contributed by atoms with E-state index in [2.05, 4.69) is 10.3 Å². The van der Waals surface area contributed by atoms with Crippen molar-refractivity contribution >= 4 is 23.2 Å². The first kappa shape index (κ1) is 12.6. The van der Waals surface area contributed by atoms with Crippen LogP contribution in [-0.2, 0) is 5.88 Å². The van der Waals surface area contributed by atoms with Crippen LogP contribution in [0.4, 0.5) is 5.69 Å². The molecule has 0 unspecified atom stereocenters. The number of pyridine rings is 1. The molecular weight excluding hydrogens is 248 g/mol. The monoisotopic (exact) mass is 260 g/mol. The Hall–Kier alpha value is -1.87. The zero-order valence-corrected chi connectivity index (χ0v) is 10.7. The van der Waals surface area contributed by atoms with Crippen molar-refractivity contribution < 1.29 is 4.79 Å². The lowest BCUT2D eigenvalue weighted by Crippen LogP contribution is -2.13. The molecule has 0 bridgehead atoms. The first-order valence-electron chi connectivity index (χ1n) is 5.58. The number of halogens is 1. The van der Waals surface area contributed by atoms with Crippen LogP contribution in [0.2, 0.25) is 0 Å². The smallest absolute Gasteiger partial charge is 0.255 e. The first-order valence-corrected chi connectivity index (χ1v) is 6.11. The number of aryl methyl sites for hydroxylation is 1. The fourth-order valence-corrected chi connectivity index (χ4v) is 2.05. The van der Waals surface area contributed by atoms with Gasteiger partial charge in [0.1, 0.15) is 0 Å². The van der Waals surface area contributed by atoms with Gasteiger partial charge in [0.25, 0.3) is 5.91 Å². The van der Waals surface area contributed by atoms with Gasteiger partial charge in [-0.2, -0.15) is 0 Å². The number of aromatic nitrogens is 1. The molecule has 3 nitrogen and oxygen atoms in total. The maximum atomic E-state index is 12.0. The van der Waals surface area contributed by atoms with E-state index in [0.29, 0.717) is 11.4 Å². The highest BCUT2D eigenvalue weighted by atomic mass is 35.5. The predicted octanol–water partition coefficient (Wildman–Crippen LogP) is 3.38. The van der Waals surface area contributed by atoms with Gasteiger partial charge in [0.15, 0.2) is 0 Å². The van der Waals surface area contributed by atoms with E-state index in [9.17, 15) is 4.79 Å². The molecule has 1 aromatic carbocycles. The average molecular weight is 261 g/mol.